The standard InChI is InChI=1S/C14H21NO/c1-10(2)15-14(16)12(4)11(3)13-8-6-5-7-9-13/h5-12H,1-4H3,(H,15,16). The van der Waals surface area contributed by atoms with Crippen molar-refractivity contribution in [2.24, 2.45) is 5.92 Å². The molecule has 88 valence electrons. The van der Waals surface area contributed by atoms with Crippen LogP contribution in [-0.2, 0) is 4.79 Å². The van der Waals surface area contributed by atoms with E-state index in [0.717, 1.165) is 0 Å². The molecule has 0 saturated heterocycles. The van der Waals surface area contributed by atoms with Gasteiger partial charge in [0.15, 0.2) is 0 Å². The Morgan fingerprint density at radius 1 is 1.06 bits per heavy atom. The van der Waals surface area contributed by atoms with Crippen LogP contribution in [0.1, 0.15) is 39.2 Å². The van der Waals surface area contributed by atoms with Crippen molar-refractivity contribution >= 4 is 5.91 Å². The molecule has 0 aliphatic heterocycles. The zero-order valence-corrected chi connectivity index (χ0v) is 10.5. The van der Waals surface area contributed by atoms with Crippen LogP contribution in [0.4, 0.5) is 0 Å². The van der Waals surface area contributed by atoms with Gasteiger partial charge in [0.05, 0.1) is 0 Å². The number of benzene rings is 1. The fourth-order valence-corrected chi connectivity index (χ4v) is 1.69. The summed E-state index contributed by atoms with van der Waals surface area (Å²) in [7, 11) is 0. The summed E-state index contributed by atoms with van der Waals surface area (Å²) in [6, 6.07) is 10.4. The fraction of sp³-hybridized carbons (Fsp3) is 0.500. The van der Waals surface area contributed by atoms with Crippen LogP contribution in [-0.4, -0.2) is 11.9 Å². The number of rotatable bonds is 4. The number of carbonyl (C=O) groups excluding carboxylic acids is 1. The average Bonchev–Trinajstić information content (AvgIpc) is 2.27. The molecule has 0 fully saturated rings. The number of carbonyl (C=O) groups is 1. The highest BCUT2D eigenvalue weighted by molar-refractivity contribution is 5.79. The molecule has 0 aliphatic carbocycles. The average molecular weight is 219 g/mol. The molecule has 0 heterocycles. The molecule has 0 spiro atoms. The number of nitrogens with one attached hydrogen (secondary N) is 1. The third kappa shape index (κ3) is 3.37. The molecular formula is C14H21NO. The summed E-state index contributed by atoms with van der Waals surface area (Å²) in [5, 5.41) is 2.95. The number of hydrogen-bond acceptors (Lipinski definition) is 1. The van der Waals surface area contributed by atoms with E-state index < -0.39 is 0 Å². The summed E-state index contributed by atoms with van der Waals surface area (Å²) >= 11 is 0. The lowest BCUT2D eigenvalue weighted by molar-refractivity contribution is -0.125. The lowest BCUT2D eigenvalue weighted by atomic mass is 9.88. The third-order valence-electron chi connectivity index (χ3n) is 2.92. The second-order valence-corrected chi connectivity index (χ2v) is 4.65. The zero-order chi connectivity index (χ0) is 12.1. The molecule has 16 heavy (non-hydrogen) atoms. The molecule has 0 saturated carbocycles. The minimum absolute atomic E-state index is 0.00444. The predicted molar refractivity (Wildman–Crippen MR) is 67.3 cm³/mol. The first kappa shape index (κ1) is 12.8. The van der Waals surface area contributed by atoms with E-state index >= 15 is 0 Å². The summed E-state index contributed by atoms with van der Waals surface area (Å²) in [6.45, 7) is 8.05. The summed E-state index contributed by atoms with van der Waals surface area (Å²) in [5.74, 6) is 0.385. The van der Waals surface area contributed by atoms with Crippen LogP contribution >= 0.6 is 0 Å². The van der Waals surface area contributed by atoms with Crippen molar-refractivity contribution in [3.63, 3.8) is 0 Å². The van der Waals surface area contributed by atoms with E-state index in [0.29, 0.717) is 0 Å². The molecule has 1 aromatic carbocycles. The summed E-state index contributed by atoms with van der Waals surface area (Å²) in [6.07, 6.45) is 0. The van der Waals surface area contributed by atoms with Gasteiger partial charge < -0.3 is 5.32 Å². The molecule has 2 heteroatoms. The smallest absolute Gasteiger partial charge is 0.223 e. The van der Waals surface area contributed by atoms with Crippen molar-refractivity contribution in [1.29, 1.82) is 0 Å². The SMILES string of the molecule is CC(C)NC(=O)C(C)C(C)c1ccccc1. The van der Waals surface area contributed by atoms with Crippen LogP contribution in [0.5, 0.6) is 0 Å². The van der Waals surface area contributed by atoms with Crippen LogP contribution in [0.3, 0.4) is 0 Å². The maximum absolute atomic E-state index is 11.9. The molecular weight excluding hydrogens is 198 g/mol. The Morgan fingerprint density at radius 3 is 2.12 bits per heavy atom. The normalized spacial score (nSPS) is 14.6. The van der Waals surface area contributed by atoms with E-state index in [1.54, 1.807) is 0 Å². The van der Waals surface area contributed by atoms with E-state index in [-0.39, 0.29) is 23.8 Å². The molecule has 1 N–H and O–H groups in total. The Morgan fingerprint density at radius 2 is 1.62 bits per heavy atom. The monoisotopic (exact) mass is 219 g/mol. The topological polar surface area (TPSA) is 29.1 Å². The molecule has 2 unspecified atom stereocenters. The van der Waals surface area contributed by atoms with Crippen molar-refractivity contribution in [3.05, 3.63) is 35.9 Å². The minimum Gasteiger partial charge on any atom is -0.354 e. The largest absolute Gasteiger partial charge is 0.354 e. The Labute approximate surface area is 98.1 Å². The van der Waals surface area contributed by atoms with E-state index in [4.69, 9.17) is 0 Å². The molecule has 0 bridgehead atoms. The molecule has 1 rings (SSSR count). The van der Waals surface area contributed by atoms with Crippen molar-refractivity contribution in [1.82, 2.24) is 5.32 Å². The van der Waals surface area contributed by atoms with Crippen molar-refractivity contribution in [2.45, 2.75) is 39.7 Å². The van der Waals surface area contributed by atoms with E-state index in [1.165, 1.54) is 5.56 Å². The van der Waals surface area contributed by atoms with Crippen LogP contribution in [0.15, 0.2) is 30.3 Å². The summed E-state index contributed by atoms with van der Waals surface area (Å²) in [4.78, 5) is 11.9. The molecule has 0 aliphatic rings. The van der Waals surface area contributed by atoms with Crippen molar-refractivity contribution in [3.8, 4) is 0 Å². The van der Waals surface area contributed by atoms with E-state index in [1.807, 2.05) is 39.0 Å². The second-order valence-electron chi connectivity index (χ2n) is 4.65. The zero-order valence-electron chi connectivity index (χ0n) is 10.5. The highest BCUT2D eigenvalue weighted by Gasteiger charge is 2.21. The highest BCUT2D eigenvalue weighted by atomic mass is 16.1. The number of amides is 1. The molecule has 1 aromatic rings. The third-order valence-corrected chi connectivity index (χ3v) is 2.92. The van der Waals surface area contributed by atoms with Crippen LogP contribution in [0.2, 0.25) is 0 Å². The Hall–Kier alpha value is -1.31. The fourth-order valence-electron chi connectivity index (χ4n) is 1.69. The van der Waals surface area contributed by atoms with Crippen LogP contribution < -0.4 is 5.32 Å². The molecule has 2 nitrogen and oxygen atoms in total. The van der Waals surface area contributed by atoms with Crippen molar-refractivity contribution < 1.29 is 4.79 Å². The molecule has 0 aromatic heterocycles. The van der Waals surface area contributed by atoms with Gasteiger partial charge >= 0.3 is 0 Å². The minimum atomic E-state index is 0.00444. The van der Waals surface area contributed by atoms with Gasteiger partial charge in [-0.2, -0.15) is 0 Å². The quantitative estimate of drug-likeness (QED) is 0.828. The first-order valence-electron chi connectivity index (χ1n) is 5.87. The summed E-state index contributed by atoms with van der Waals surface area (Å²) < 4.78 is 0. The van der Waals surface area contributed by atoms with Crippen molar-refractivity contribution in [2.75, 3.05) is 0 Å². The van der Waals surface area contributed by atoms with Gasteiger partial charge in [-0.15, -0.1) is 0 Å². The van der Waals surface area contributed by atoms with Gasteiger partial charge in [0.2, 0.25) is 5.91 Å². The lowest BCUT2D eigenvalue weighted by Crippen LogP contribution is -2.36. The van der Waals surface area contributed by atoms with E-state index in [9.17, 15) is 4.79 Å². The Bertz CT molecular complexity index is 332. The van der Waals surface area contributed by atoms with Crippen LogP contribution in [0.25, 0.3) is 0 Å². The number of hydrogen-bond donors (Lipinski definition) is 1. The van der Waals surface area contributed by atoms with Gasteiger partial charge in [-0.05, 0) is 25.3 Å². The molecule has 0 radical (unpaired) electrons. The maximum atomic E-state index is 11.9. The van der Waals surface area contributed by atoms with Gasteiger partial charge in [0.1, 0.15) is 0 Å². The summed E-state index contributed by atoms with van der Waals surface area (Å²) in [5.41, 5.74) is 1.22. The second kappa shape index (κ2) is 5.69. The van der Waals surface area contributed by atoms with Gasteiger partial charge in [0.25, 0.3) is 0 Å². The van der Waals surface area contributed by atoms with Gasteiger partial charge in [-0.1, -0.05) is 44.2 Å². The van der Waals surface area contributed by atoms with Gasteiger partial charge in [-0.3, -0.25) is 4.79 Å². The van der Waals surface area contributed by atoms with Gasteiger partial charge in [0, 0.05) is 12.0 Å². The highest BCUT2D eigenvalue weighted by Crippen LogP contribution is 2.23. The Kier molecular flexibility index (Phi) is 4.53. The van der Waals surface area contributed by atoms with E-state index in [2.05, 4.69) is 24.4 Å². The Balaban J connectivity index is 2.67. The maximum Gasteiger partial charge on any atom is 0.223 e. The molecule has 1 amide bonds. The lowest BCUT2D eigenvalue weighted by Gasteiger charge is -2.21. The first-order chi connectivity index (χ1) is 7.52. The predicted octanol–water partition coefficient (Wildman–Crippen LogP) is 2.95. The van der Waals surface area contributed by atoms with Crippen LogP contribution in [0, 0.1) is 5.92 Å². The van der Waals surface area contributed by atoms with Gasteiger partial charge in [-0.25, -0.2) is 0 Å². The molecule has 2 atom stereocenters. The first-order valence-corrected chi connectivity index (χ1v) is 5.87.